The molecule has 1 amide bonds. The van der Waals surface area contributed by atoms with Crippen LogP contribution in [0.15, 0.2) is 53.7 Å². The normalized spacial score (nSPS) is 14.4. The number of nitro groups is 1. The minimum atomic E-state index is -4.31. The van der Waals surface area contributed by atoms with E-state index in [1.165, 1.54) is 30.3 Å². The summed E-state index contributed by atoms with van der Waals surface area (Å²) in [4.78, 5) is 29.5. The average Bonchev–Trinajstić information content (AvgIpc) is 2.85. The monoisotopic (exact) mass is 547 g/mol. The largest absolute Gasteiger partial charge is 0.353 e. The molecular weight excluding hydrogens is 525 g/mol. The number of nitrogens with one attached hydrogen (secondary N) is 1. The number of likely N-dealkylation sites (tertiary alicyclic amines) is 1. The van der Waals surface area contributed by atoms with E-state index in [-0.39, 0.29) is 33.7 Å². The molecule has 1 aliphatic rings. The van der Waals surface area contributed by atoms with Crippen LogP contribution in [0.2, 0.25) is 5.02 Å². The minimum absolute atomic E-state index is 0.0235. The van der Waals surface area contributed by atoms with E-state index >= 15 is 0 Å². The Kier molecular flexibility index (Phi) is 7.44. The summed E-state index contributed by atoms with van der Waals surface area (Å²) in [5.74, 6) is -0.571. The fourth-order valence-electron chi connectivity index (χ4n) is 4.31. The van der Waals surface area contributed by atoms with Crippen molar-refractivity contribution in [3.8, 4) is 0 Å². The van der Waals surface area contributed by atoms with Gasteiger partial charge in [0.1, 0.15) is 10.8 Å². The lowest BCUT2D eigenvalue weighted by Crippen LogP contribution is -2.38. The summed E-state index contributed by atoms with van der Waals surface area (Å²) in [6.45, 7) is 2.43. The number of carbonyl (C=O) groups is 1. The summed E-state index contributed by atoms with van der Waals surface area (Å²) in [6, 6.07) is 10.3. The van der Waals surface area contributed by atoms with Gasteiger partial charge in [-0.2, -0.15) is 0 Å². The van der Waals surface area contributed by atoms with Crippen molar-refractivity contribution in [3.05, 3.63) is 86.3 Å². The van der Waals surface area contributed by atoms with E-state index in [0.29, 0.717) is 37.2 Å². The lowest BCUT2D eigenvalue weighted by atomic mass is 9.89. The molecule has 1 saturated heterocycles. The SMILES string of the molecule is Cc1cc([N+](=O)[O-])ccc1Nc1c(C(=O)N2CCC(c3ccc(F)cc3)CC2)cnc(S(N)(=O)=O)c1Cl. The van der Waals surface area contributed by atoms with Crippen LogP contribution < -0.4 is 10.5 Å². The van der Waals surface area contributed by atoms with E-state index in [2.05, 4.69) is 10.3 Å². The molecule has 194 valence electrons. The van der Waals surface area contributed by atoms with Crippen LogP contribution >= 0.6 is 11.6 Å². The molecule has 3 aromatic rings. The minimum Gasteiger partial charge on any atom is -0.353 e. The molecule has 4 rings (SSSR count). The zero-order valence-corrected chi connectivity index (χ0v) is 21.2. The molecule has 1 aromatic heterocycles. The number of pyridine rings is 1. The number of amides is 1. The highest BCUT2D eigenvalue weighted by molar-refractivity contribution is 7.89. The molecule has 1 aliphatic heterocycles. The second-order valence-electron chi connectivity index (χ2n) is 8.71. The third-order valence-corrected chi connectivity index (χ3v) is 7.62. The average molecular weight is 548 g/mol. The van der Waals surface area contributed by atoms with Gasteiger partial charge in [-0.3, -0.25) is 14.9 Å². The van der Waals surface area contributed by atoms with Gasteiger partial charge in [0.15, 0.2) is 5.03 Å². The highest BCUT2D eigenvalue weighted by Gasteiger charge is 2.29. The number of halogens is 2. The number of primary sulfonamides is 1. The Morgan fingerprint density at radius 2 is 1.86 bits per heavy atom. The summed E-state index contributed by atoms with van der Waals surface area (Å²) in [6.07, 6.45) is 2.40. The highest BCUT2D eigenvalue weighted by Crippen LogP contribution is 2.36. The molecule has 3 N–H and O–H groups in total. The van der Waals surface area contributed by atoms with Crippen molar-refractivity contribution in [3.63, 3.8) is 0 Å². The number of nitro benzene ring substituents is 1. The van der Waals surface area contributed by atoms with Gasteiger partial charge in [-0.25, -0.2) is 22.9 Å². The number of anilines is 2. The first-order valence-electron chi connectivity index (χ1n) is 11.2. The number of aryl methyl sites for hydroxylation is 1. The van der Waals surface area contributed by atoms with Gasteiger partial charge in [0.2, 0.25) is 0 Å². The summed E-state index contributed by atoms with van der Waals surface area (Å²) in [5.41, 5.74) is 1.71. The van der Waals surface area contributed by atoms with Crippen LogP contribution in [0.5, 0.6) is 0 Å². The topological polar surface area (TPSA) is 149 Å². The Morgan fingerprint density at radius 3 is 2.43 bits per heavy atom. The number of rotatable bonds is 6. The van der Waals surface area contributed by atoms with Gasteiger partial charge in [-0.05, 0) is 55.0 Å². The molecule has 1 fully saturated rings. The molecule has 37 heavy (non-hydrogen) atoms. The smallest absolute Gasteiger partial charge is 0.269 e. The van der Waals surface area contributed by atoms with Gasteiger partial charge < -0.3 is 10.2 Å². The van der Waals surface area contributed by atoms with Crippen LogP contribution in [0.3, 0.4) is 0 Å². The van der Waals surface area contributed by atoms with Crippen molar-refractivity contribution in [2.75, 3.05) is 18.4 Å². The number of piperidine rings is 1. The van der Waals surface area contributed by atoms with Gasteiger partial charge in [-0.1, -0.05) is 23.7 Å². The Bertz CT molecular complexity index is 1480. The van der Waals surface area contributed by atoms with Crippen molar-refractivity contribution in [2.45, 2.75) is 30.7 Å². The van der Waals surface area contributed by atoms with Gasteiger partial charge in [0, 0.05) is 37.1 Å². The van der Waals surface area contributed by atoms with Gasteiger partial charge in [-0.15, -0.1) is 0 Å². The number of nitrogens with two attached hydrogens (primary N) is 1. The molecule has 0 radical (unpaired) electrons. The lowest BCUT2D eigenvalue weighted by Gasteiger charge is -2.33. The van der Waals surface area contributed by atoms with E-state index in [9.17, 15) is 27.7 Å². The standard InChI is InChI=1S/C24H23ClFN5O5S/c1-14-12-18(31(33)34)6-7-20(14)29-22-19(13-28-23(21(22)25)37(27,35)36)24(32)30-10-8-16(9-11-30)15-2-4-17(26)5-3-15/h2-7,12-13,16H,8-11H2,1H3,(H,28,29)(H2,27,35,36). The molecule has 2 aromatic carbocycles. The van der Waals surface area contributed by atoms with Crippen molar-refractivity contribution in [1.29, 1.82) is 0 Å². The summed E-state index contributed by atoms with van der Waals surface area (Å²) >= 11 is 6.39. The van der Waals surface area contributed by atoms with E-state index in [0.717, 1.165) is 11.8 Å². The zero-order chi connectivity index (χ0) is 26.9. The molecule has 2 heterocycles. The van der Waals surface area contributed by atoms with Gasteiger partial charge in [0.05, 0.1) is 16.2 Å². The summed E-state index contributed by atoms with van der Waals surface area (Å²) in [5, 5.41) is 18.3. The summed E-state index contributed by atoms with van der Waals surface area (Å²) < 4.78 is 37.3. The summed E-state index contributed by atoms with van der Waals surface area (Å²) in [7, 11) is -4.31. The molecule has 10 nitrogen and oxygen atoms in total. The number of nitrogens with zero attached hydrogens (tertiary/aromatic N) is 3. The first-order chi connectivity index (χ1) is 17.5. The van der Waals surface area contributed by atoms with Gasteiger partial charge in [0.25, 0.3) is 21.6 Å². The first-order valence-corrected chi connectivity index (χ1v) is 13.2. The Balaban J connectivity index is 1.64. The Morgan fingerprint density at radius 1 is 1.22 bits per heavy atom. The van der Waals surface area contributed by atoms with Crippen molar-refractivity contribution in [1.82, 2.24) is 9.88 Å². The number of non-ortho nitro benzene ring substituents is 1. The van der Waals surface area contributed by atoms with Crippen molar-refractivity contribution < 1.29 is 22.5 Å². The molecule has 13 heteroatoms. The molecule has 0 aliphatic carbocycles. The van der Waals surface area contributed by atoms with Crippen LogP contribution in [0, 0.1) is 22.9 Å². The second-order valence-corrected chi connectivity index (χ2v) is 10.6. The number of aromatic nitrogens is 1. The van der Waals surface area contributed by atoms with Crippen LogP contribution in [0.25, 0.3) is 0 Å². The van der Waals surface area contributed by atoms with Crippen molar-refractivity contribution >= 4 is 44.6 Å². The third-order valence-electron chi connectivity index (χ3n) is 6.29. The fraction of sp³-hybridized carbons (Fsp3) is 0.250. The molecule has 0 unspecified atom stereocenters. The van der Waals surface area contributed by atoms with Crippen LogP contribution in [0.4, 0.5) is 21.5 Å². The quantitative estimate of drug-likeness (QED) is 0.341. The zero-order valence-electron chi connectivity index (χ0n) is 19.6. The molecular formula is C24H23ClFN5O5S. The van der Waals surface area contributed by atoms with E-state index in [1.807, 2.05) is 0 Å². The van der Waals surface area contributed by atoms with E-state index in [4.69, 9.17) is 16.7 Å². The van der Waals surface area contributed by atoms with E-state index < -0.39 is 25.9 Å². The lowest BCUT2D eigenvalue weighted by molar-refractivity contribution is -0.384. The number of hydrogen-bond donors (Lipinski definition) is 2. The predicted octanol–water partition coefficient (Wildman–Crippen LogP) is 4.50. The predicted molar refractivity (Wildman–Crippen MR) is 136 cm³/mol. The molecule has 0 atom stereocenters. The molecule has 0 saturated carbocycles. The maximum atomic E-state index is 13.5. The first kappa shape index (κ1) is 26.5. The van der Waals surface area contributed by atoms with E-state index in [1.54, 1.807) is 24.0 Å². The molecule has 0 bridgehead atoms. The van der Waals surface area contributed by atoms with Crippen LogP contribution in [0.1, 0.15) is 40.2 Å². The number of benzene rings is 2. The Labute approximate surface area is 217 Å². The van der Waals surface area contributed by atoms with Crippen molar-refractivity contribution in [2.24, 2.45) is 5.14 Å². The highest BCUT2D eigenvalue weighted by atomic mass is 35.5. The number of hydrogen-bond acceptors (Lipinski definition) is 7. The fourth-order valence-corrected chi connectivity index (χ4v) is 5.38. The van der Waals surface area contributed by atoms with Crippen LogP contribution in [-0.2, 0) is 10.0 Å². The third kappa shape index (κ3) is 5.71. The maximum Gasteiger partial charge on any atom is 0.269 e. The Hall–Kier alpha value is -3.61. The molecule has 0 spiro atoms. The number of sulfonamides is 1. The van der Waals surface area contributed by atoms with Crippen LogP contribution in [-0.4, -0.2) is 42.2 Å². The number of carbonyl (C=O) groups excluding carboxylic acids is 1. The van der Waals surface area contributed by atoms with Gasteiger partial charge >= 0.3 is 0 Å². The second kappa shape index (κ2) is 10.4. The maximum absolute atomic E-state index is 13.5.